The van der Waals surface area contributed by atoms with Crippen LogP contribution in [0.2, 0.25) is 0 Å². The number of alkyl halides is 1. The molecule has 31 heavy (non-hydrogen) atoms. The predicted octanol–water partition coefficient (Wildman–Crippen LogP) is 5.52. The highest BCUT2D eigenvalue weighted by atomic mass is 19.1. The molecule has 1 N–H and O–H groups in total. The van der Waals surface area contributed by atoms with Gasteiger partial charge in [0.15, 0.2) is 5.82 Å². The summed E-state index contributed by atoms with van der Waals surface area (Å²) in [6, 6.07) is 14.1. The molecule has 0 radical (unpaired) electrons. The molecule has 6 heteroatoms. The molecule has 2 aliphatic heterocycles. The second kappa shape index (κ2) is 7.08. The summed E-state index contributed by atoms with van der Waals surface area (Å²) in [7, 11) is 0. The van der Waals surface area contributed by atoms with E-state index in [0.717, 1.165) is 51.0 Å². The topological polar surface area (TPSA) is 46.0 Å². The Kier molecular flexibility index (Phi) is 4.46. The molecule has 158 valence electrons. The molecule has 0 aliphatic carbocycles. The number of benzene rings is 1. The maximum Gasteiger partial charge on any atom is 0.158 e. The molecule has 1 atom stereocenters. The van der Waals surface area contributed by atoms with E-state index in [9.17, 15) is 4.39 Å². The highest BCUT2D eigenvalue weighted by Crippen LogP contribution is 2.46. The van der Waals surface area contributed by atoms with Crippen LogP contribution in [-0.4, -0.2) is 33.5 Å². The van der Waals surface area contributed by atoms with Crippen molar-refractivity contribution in [3.05, 3.63) is 72.2 Å². The molecule has 0 bridgehead atoms. The van der Waals surface area contributed by atoms with Gasteiger partial charge in [0.25, 0.3) is 0 Å². The van der Waals surface area contributed by atoms with Gasteiger partial charge in [-0.3, -0.25) is 4.98 Å². The fourth-order valence-corrected chi connectivity index (χ4v) is 4.48. The number of aromatic nitrogens is 3. The molecule has 5 rings (SSSR count). The first-order chi connectivity index (χ1) is 14.8. The van der Waals surface area contributed by atoms with E-state index in [2.05, 4.69) is 27.8 Å². The zero-order valence-corrected chi connectivity index (χ0v) is 18.1. The molecule has 4 heterocycles. The number of fused-ring (bicyclic) bond motifs is 1. The van der Waals surface area contributed by atoms with Gasteiger partial charge in [0, 0.05) is 47.3 Å². The summed E-state index contributed by atoms with van der Waals surface area (Å²) >= 11 is 0. The fourth-order valence-electron chi connectivity index (χ4n) is 4.48. The first-order valence-electron chi connectivity index (χ1n) is 10.6. The van der Waals surface area contributed by atoms with Gasteiger partial charge >= 0.3 is 0 Å². The minimum absolute atomic E-state index is 0.344. The number of nitrogens with zero attached hydrogens (tertiary/aromatic N) is 4. The summed E-state index contributed by atoms with van der Waals surface area (Å²) < 4.78 is 16.6. The second-order valence-corrected chi connectivity index (χ2v) is 8.67. The van der Waals surface area contributed by atoms with Crippen LogP contribution in [0.25, 0.3) is 22.5 Å². The smallest absolute Gasteiger partial charge is 0.158 e. The molecule has 1 saturated heterocycles. The van der Waals surface area contributed by atoms with E-state index >= 15 is 0 Å². The Balaban J connectivity index is 1.65. The molecular weight excluding hydrogens is 389 g/mol. The third-order valence-corrected chi connectivity index (χ3v) is 6.07. The number of hydrogen-bond acceptors (Lipinski definition) is 4. The van der Waals surface area contributed by atoms with Crippen LogP contribution in [0.15, 0.2) is 60.9 Å². The SMILES string of the molecule is C=C1C(c2ccc(C)nc2)=C(C)Nc2c(N3CCC(C)(F)C3)c(-c3ccccc3)nn21. The van der Waals surface area contributed by atoms with Gasteiger partial charge < -0.3 is 10.2 Å². The zero-order chi connectivity index (χ0) is 21.8. The van der Waals surface area contributed by atoms with Crippen LogP contribution in [0.5, 0.6) is 0 Å². The van der Waals surface area contributed by atoms with E-state index in [4.69, 9.17) is 5.10 Å². The van der Waals surface area contributed by atoms with Crippen LogP contribution in [0.1, 0.15) is 31.5 Å². The van der Waals surface area contributed by atoms with Crippen LogP contribution in [0.3, 0.4) is 0 Å². The third-order valence-electron chi connectivity index (χ3n) is 6.07. The normalized spacial score (nSPS) is 20.8. The number of hydrogen-bond donors (Lipinski definition) is 1. The van der Waals surface area contributed by atoms with Gasteiger partial charge in [-0.15, -0.1) is 0 Å². The molecule has 2 aliphatic rings. The molecule has 3 aromatic rings. The predicted molar refractivity (Wildman–Crippen MR) is 125 cm³/mol. The van der Waals surface area contributed by atoms with Crippen molar-refractivity contribution in [2.24, 2.45) is 0 Å². The summed E-state index contributed by atoms with van der Waals surface area (Å²) in [6.07, 6.45) is 2.37. The lowest BCUT2D eigenvalue weighted by atomic mass is 10.0. The van der Waals surface area contributed by atoms with Gasteiger partial charge in [0.1, 0.15) is 17.1 Å². The van der Waals surface area contributed by atoms with Crippen molar-refractivity contribution in [3.8, 4) is 11.3 Å². The van der Waals surface area contributed by atoms with Crippen molar-refractivity contribution in [1.29, 1.82) is 0 Å². The molecule has 0 spiro atoms. The molecule has 1 fully saturated rings. The molecule has 5 nitrogen and oxygen atoms in total. The van der Waals surface area contributed by atoms with Crippen LogP contribution in [-0.2, 0) is 0 Å². The van der Waals surface area contributed by atoms with E-state index in [1.54, 1.807) is 6.92 Å². The molecule has 0 saturated carbocycles. The Labute approximate surface area is 181 Å². The Morgan fingerprint density at radius 2 is 1.87 bits per heavy atom. The van der Waals surface area contributed by atoms with Crippen molar-refractivity contribution in [3.63, 3.8) is 0 Å². The maximum absolute atomic E-state index is 14.8. The fraction of sp³-hybridized carbons (Fsp3) is 0.280. The van der Waals surface area contributed by atoms with Crippen LogP contribution >= 0.6 is 0 Å². The van der Waals surface area contributed by atoms with E-state index in [-0.39, 0.29) is 0 Å². The van der Waals surface area contributed by atoms with Crippen molar-refractivity contribution in [2.45, 2.75) is 32.9 Å². The van der Waals surface area contributed by atoms with E-state index in [1.165, 1.54) is 0 Å². The van der Waals surface area contributed by atoms with Crippen molar-refractivity contribution in [1.82, 2.24) is 14.8 Å². The van der Waals surface area contributed by atoms with Gasteiger partial charge in [-0.2, -0.15) is 5.10 Å². The molecule has 1 aromatic carbocycles. The molecule has 1 unspecified atom stereocenters. The quantitative estimate of drug-likeness (QED) is 0.612. The van der Waals surface area contributed by atoms with Gasteiger partial charge in [0.2, 0.25) is 0 Å². The third kappa shape index (κ3) is 3.32. The number of allylic oxidation sites excluding steroid dienone is 3. The van der Waals surface area contributed by atoms with Gasteiger partial charge in [-0.1, -0.05) is 43.0 Å². The van der Waals surface area contributed by atoms with Gasteiger partial charge in [-0.05, 0) is 26.8 Å². The summed E-state index contributed by atoms with van der Waals surface area (Å²) in [6.45, 7) is 11.0. The van der Waals surface area contributed by atoms with E-state index < -0.39 is 5.67 Å². The van der Waals surface area contributed by atoms with Crippen molar-refractivity contribution < 1.29 is 4.39 Å². The minimum Gasteiger partial charge on any atom is -0.363 e. The molecule has 2 aromatic heterocycles. The first kappa shape index (κ1) is 19.5. The van der Waals surface area contributed by atoms with Crippen molar-refractivity contribution >= 4 is 22.8 Å². The van der Waals surface area contributed by atoms with Crippen LogP contribution in [0, 0.1) is 6.92 Å². The maximum atomic E-state index is 14.8. The molecule has 0 amide bonds. The average molecular weight is 416 g/mol. The lowest BCUT2D eigenvalue weighted by molar-refractivity contribution is 0.221. The number of halogens is 1. The molecular formula is C25H26FN5. The summed E-state index contributed by atoms with van der Waals surface area (Å²) in [5.74, 6) is 0.836. The number of pyridine rings is 1. The largest absolute Gasteiger partial charge is 0.363 e. The average Bonchev–Trinajstić information content (AvgIpc) is 3.30. The number of aryl methyl sites for hydroxylation is 1. The monoisotopic (exact) mass is 415 g/mol. The number of nitrogens with one attached hydrogen (secondary N) is 1. The van der Waals surface area contributed by atoms with E-state index in [1.807, 2.05) is 61.1 Å². The standard InChI is InChI=1S/C25H26FN5/c1-16-10-11-20(14-27-16)21-17(2)28-24-23(30-13-12-25(4,26)15-30)22(29-31(24)18(21)3)19-8-6-5-7-9-19/h5-11,14,28H,3,12-13,15H2,1-2,4H3. The van der Waals surface area contributed by atoms with Gasteiger partial charge in [-0.25, -0.2) is 9.07 Å². The number of rotatable bonds is 3. The zero-order valence-electron chi connectivity index (χ0n) is 18.1. The van der Waals surface area contributed by atoms with Gasteiger partial charge in [0.05, 0.1) is 12.2 Å². The highest BCUT2D eigenvalue weighted by molar-refractivity contribution is 6.04. The van der Waals surface area contributed by atoms with E-state index in [0.29, 0.717) is 19.5 Å². The lowest BCUT2D eigenvalue weighted by Crippen LogP contribution is -2.27. The van der Waals surface area contributed by atoms with Crippen molar-refractivity contribution in [2.75, 3.05) is 23.3 Å². The highest BCUT2D eigenvalue weighted by Gasteiger charge is 2.38. The van der Waals surface area contributed by atoms with Crippen LogP contribution < -0.4 is 10.2 Å². The summed E-state index contributed by atoms with van der Waals surface area (Å²) in [5, 5.41) is 8.50. The lowest BCUT2D eigenvalue weighted by Gasteiger charge is -2.27. The second-order valence-electron chi connectivity index (χ2n) is 8.67. The number of anilines is 2. The Morgan fingerprint density at radius 3 is 2.52 bits per heavy atom. The first-order valence-corrected chi connectivity index (χ1v) is 10.6. The van der Waals surface area contributed by atoms with Crippen LogP contribution in [0.4, 0.5) is 15.9 Å². The summed E-state index contributed by atoms with van der Waals surface area (Å²) in [4.78, 5) is 6.55. The Morgan fingerprint density at radius 1 is 1.10 bits per heavy atom. The Hall–Kier alpha value is -3.41. The summed E-state index contributed by atoms with van der Waals surface area (Å²) in [5.41, 5.74) is 6.23. The Bertz CT molecular complexity index is 1190. The minimum atomic E-state index is -1.21.